The van der Waals surface area contributed by atoms with E-state index in [4.69, 9.17) is 9.90 Å². The SMILES string of the molecule is CC.NC(=O)O. The number of hydrogen-bond acceptors (Lipinski definition) is 1. The minimum absolute atomic E-state index is 1.33. The second kappa shape index (κ2) is 8.86. The predicted octanol–water partition coefficient (Wildman–Crippen LogP) is 0.649. The molecular weight excluding hydrogens is 82.0 g/mol. The van der Waals surface area contributed by atoms with Gasteiger partial charge in [-0.3, -0.25) is 0 Å². The molecule has 1 amide bonds. The summed E-state index contributed by atoms with van der Waals surface area (Å²) in [6, 6.07) is 0. The molecular formula is C3H9NO2. The van der Waals surface area contributed by atoms with Crippen LogP contribution >= 0.6 is 0 Å². The first-order valence-electron chi connectivity index (χ1n) is 1.72. The van der Waals surface area contributed by atoms with E-state index in [1.807, 2.05) is 13.8 Å². The summed E-state index contributed by atoms with van der Waals surface area (Å²) < 4.78 is 0. The second-order valence-corrected chi connectivity index (χ2v) is 0.338. The molecule has 0 atom stereocenters. The third-order valence-electron chi connectivity index (χ3n) is 0. The van der Waals surface area contributed by atoms with Crippen LogP contribution in [0, 0.1) is 0 Å². The molecule has 0 fully saturated rings. The van der Waals surface area contributed by atoms with Gasteiger partial charge in [-0.15, -0.1) is 0 Å². The number of carboxylic acid groups (broad SMARTS) is 1. The third-order valence-corrected chi connectivity index (χ3v) is 0. The van der Waals surface area contributed by atoms with Crippen LogP contribution < -0.4 is 5.73 Å². The summed E-state index contributed by atoms with van der Waals surface area (Å²) in [6.45, 7) is 4.00. The molecule has 0 heterocycles. The predicted molar refractivity (Wildman–Crippen MR) is 23.6 cm³/mol. The highest BCUT2D eigenvalue weighted by atomic mass is 16.4. The lowest BCUT2D eigenvalue weighted by molar-refractivity contribution is 0.205. The van der Waals surface area contributed by atoms with Crippen molar-refractivity contribution < 1.29 is 9.90 Å². The molecule has 0 aromatic carbocycles. The van der Waals surface area contributed by atoms with Gasteiger partial charge in [-0.2, -0.15) is 0 Å². The Morgan fingerprint density at radius 1 is 1.67 bits per heavy atom. The molecule has 0 rings (SSSR count). The van der Waals surface area contributed by atoms with E-state index in [0.29, 0.717) is 0 Å². The van der Waals surface area contributed by atoms with Gasteiger partial charge in [0.15, 0.2) is 0 Å². The molecule has 3 nitrogen and oxygen atoms in total. The standard InChI is InChI=1S/C2H6.CH3NO2/c1-2;2-1(3)4/h1-2H3;2H2,(H,3,4). The average Bonchev–Trinajstić information content (AvgIpc) is 1.41. The lowest BCUT2D eigenvalue weighted by atomic mass is 11.0. The van der Waals surface area contributed by atoms with Crippen LogP contribution in [0.5, 0.6) is 0 Å². The lowest BCUT2D eigenvalue weighted by Gasteiger charge is -1.61. The van der Waals surface area contributed by atoms with Crippen molar-refractivity contribution in [2.75, 3.05) is 0 Å². The molecule has 0 bridgehead atoms. The quantitative estimate of drug-likeness (QED) is 0.459. The largest absolute Gasteiger partial charge is 0.465 e. The van der Waals surface area contributed by atoms with Crippen molar-refractivity contribution in [2.24, 2.45) is 5.73 Å². The van der Waals surface area contributed by atoms with Crippen LogP contribution in [-0.4, -0.2) is 11.2 Å². The van der Waals surface area contributed by atoms with Gasteiger partial charge in [-0.25, -0.2) is 4.79 Å². The van der Waals surface area contributed by atoms with Gasteiger partial charge in [-0.05, 0) is 0 Å². The van der Waals surface area contributed by atoms with Crippen LogP contribution in [-0.2, 0) is 0 Å². The fraction of sp³-hybridized carbons (Fsp3) is 0.667. The zero-order valence-electron chi connectivity index (χ0n) is 3.93. The first kappa shape index (κ1) is 8.99. The Bertz CT molecular complexity index is 31.8. The van der Waals surface area contributed by atoms with Gasteiger partial charge in [0.25, 0.3) is 0 Å². The number of hydrogen-bond donors (Lipinski definition) is 2. The molecule has 0 spiro atoms. The summed E-state index contributed by atoms with van der Waals surface area (Å²) in [6.07, 6.45) is -1.33. The number of nitrogens with two attached hydrogens (primary N) is 1. The van der Waals surface area contributed by atoms with Crippen LogP contribution in [0.2, 0.25) is 0 Å². The van der Waals surface area contributed by atoms with Gasteiger partial charge >= 0.3 is 6.09 Å². The number of rotatable bonds is 0. The van der Waals surface area contributed by atoms with Crippen molar-refractivity contribution >= 4 is 6.09 Å². The molecule has 0 radical (unpaired) electrons. The molecule has 0 saturated carbocycles. The molecule has 6 heavy (non-hydrogen) atoms. The Morgan fingerprint density at radius 3 is 1.67 bits per heavy atom. The molecule has 0 aliphatic carbocycles. The van der Waals surface area contributed by atoms with Crippen LogP contribution in [0.3, 0.4) is 0 Å². The smallest absolute Gasteiger partial charge is 0.402 e. The van der Waals surface area contributed by atoms with Crippen molar-refractivity contribution in [2.45, 2.75) is 13.8 Å². The minimum Gasteiger partial charge on any atom is -0.465 e. The highest BCUT2D eigenvalue weighted by Crippen LogP contribution is 1.34. The van der Waals surface area contributed by atoms with Crippen LogP contribution in [0.4, 0.5) is 4.79 Å². The van der Waals surface area contributed by atoms with Gasteiger partial charge in [-0.1, -0.05) is 13.8 Å². The topological polar surface area (TPSA) is 63.3 Å². The van der Waals surface area contributed by atoms with E-state index in [-0.39, 0.29) is 0 Å². The first-order chi connectivity index (χ1) is 2.73. The Kier molecular flexibility index (Phi) is 13.3. The zero-order valence-corrected chi connectivity index (χ0v) is 3.93. The zero-order chi connectivity index (χ0) is 5.58. The Morgan fingerprint density at radius 2 is 1.67 bits per heavy atom. The molecule has 38 valence electrons. The lowest BCUT2D eigenvalue weighted by Crippen LogP contribution is -2.03. The van der Waals surface area contributed by atoms with E-state index >= 15 is 0 Å². The Balaban J connectivity index is 0. The molecule has 0 saturated heterocycles. The maximum atomic E-state index is 8.78. The number of carbonyl (C=O) groups is 1. The maximum absolute atomic E-state index is 8.78. The van der Waals surface area contributed by atoms with Crippen LogP contribution in [0.1, 0.15) is 13.8 Å². The van der Waals surface area contributed by atoms with Gasteiger partial charge in [0.05, 0.1) is 0 Å². The molecule has 0 aromatic heterocycles. The van der Waals surface area contributed by atoms with E-state index in [0.717, 1.165) is 0 Å². The van der Waals surface area contributed by atoms with Crippen molar-refractivity contribution in [1.29, 1.82) is 0 Å². The minimum atomic E-state index is -1.33. The van der Waals surface area contributed by atoms with E-state index in [1.165, 1.54) is 0 Å². The van der Waals surface area contributed by atoms with Crippen LogP contribution in [0.15, 0.2) is 0 Å². The van der Waals surface area contributed by atoms with E-state index in [9.17, 15) is 0 Å². The van der Waals surface area contributed by atoms with Crippen molar-refractivity contribution in [3.8, 4) is 0 Å². The Labute approximate surface area is 36.8 Å². The van der Waals surface area contributed by atoms with Gasteiger partial charge in [0.1, 0.15) is 0 Å². The molecule has 3 N–H and O–H groups in total. The van der Waals surface area contributed by atoms with Gasteiger partial charge < -0.3 is 10.8 Å². The molecule has 0 unspecified atom stereocenters. The van der Waals surface area contributed by atoms with Crippen molar-refractivity contribution in [1.82, 2.24) is 0 Å². The summed E-state index contributed by atoms with van der Waals surface area (Å²) >= 11 is 0. The monoisotopic (exact) mass is 91.1 g/mol. The van der Waals surface area contributed by atoms with E-state index in [2.05, 4.69) is 5.73 Å². The normalized spacial score (nSPS) is 5.00. The highest BCUT2D eigenvalue weighted by molar-refractivity contribution is 5.61. The molecule has 0 aliphatic rings. The molecule has 0 aliphatic heterocycles. The van der Waals surface area contributed by atoms with E-state index in [1.54, 1.807) is 0 Å². The fourth-order valence-corrected chi connectivity index (χ4v) is 0. The maximum Gasteiger partial charge on any atom is 0.402 e. The van der Waals surface area contributed by atoms with Crippen molar-refractivity contribution in [3.05, 3.63) is 0 Å². The summed E-state index contributed by atoms with van der Waals surface area (Å²) in [5.41, 5.74) is 4.03. The average molecular weight is 91.1 g/mol. The summed E-state index contributed by atoms with van der Waals surface area (Å²) in [4.78, 5) is 8.78. The van der Waals surface area contributed by atoms with Gasteiger partial charge in [0.2, 0.25) is 0 Å². The summed E-state index contributed by atoms with van der Waals surface area (Å²) in [5.74, 6) is 0. The molecule has 3 heteroatoms. The van der Waals surface area contributed by atoms with Gasteiger partial charge in [0, 0.05) is 0 Å². The second-order valence-electron chi connectivity index (χ2n) is 0.338. The van der Waals surface area contributed by atoms with Crippen LogP contribution in [0.25, 0.3) is 0 Å². The summed E-state index contributed by atoms with van der Waals surface area (Å²) in [5, 5.41) is 7.19. The van der Waals surface area contributed by atoms with E-state index < -0.39 is 6.09 Å². The first-order valence-corrected chi connectivity index (χ1v) is 1.72. The summed E-state index contributed by atoms with van der Waals surface area (Å²) in [7, 11) is 0. The molecule has 0 aromatic rings. The van der Waals surface area contributed by atoms with Crippen molar-refractivity contribution in [3.63, 3.8) is 0 Å². The fourth-order valence-electron chi connectivity index (χ4n) is 0. The number of primary amides is 1. The Hall–Kier alpha value is -0.730. The third kappa shape index (κ3) is 31.6. The highest BCUT2D eigenvalue weighted by Gasteiger charge is 1.65. The number of amides is 1.